The maximum absolute atomic E-state index is 11.1. The quantitative estimate of drug-likeness (QED) is 0.497. The molecule has 11 heavy (non-hydrogen) atoms. The predicted molar refractivity (Wildman–Crippen MR) is 35.6 cm³/mol. The number of aliphatic hydroxyl groups excluding tert-OH is 1. The number of esters is 1. The van der Waals surface area contributed by atoms with Crippen molar-refractivity contribution in [3.05, 3.63) is 0 Å². The van der Waals surface area contributed by atoms with Crippen molar-refractivity contribution in [1.29, 1.82) is 0 Å². The minimum Gasteiger partial charge on any atom is -0.459 e. The van der Waals surface area contributed by atoms with E-state index in [-0.39, 0.29) is 24.1 Å². The first-order valence-electron chi connectivity index (χ1n) is 4.16. The summed E-state index contributed by atoms with van der Waals surface area (Å²) in [6.45, 7) is 0. The minimum atomic E-state index is -0.359. The molecule has 0 aromatic rings. The molecule has 0 radical (unpaired) electrons. The van der Waals surface area contributed by atoms with Crippen LogP contribution in [-0.4, -0.2) is 23.3 Å². The SMILES string of the molecule is O=C1O[C@@H]2[C@H](O)[C@H]3C[C@H]2[C@H]1C3. The molecule has 0 aromatic heterocycles. The fourth-order valence-electron chi connectivity index (χ4n) is 2.92. The lowest BCUT2D eigenvalue weighted by molar-refractivity contribution is -0.145. The standard InChI is InChI=1S/C8H10O3/c9-6-3-1-4-5(2-3)8(10)11-7(4)6/h3-7,9H,1-2H2/t3-,4-,5+,6+,7-/m0/s1. The molecular weight excluding hydrogens is 144 g/mol. The number of hydrogen-bond acceptors (Lipinski definition) is 3. The molecule has 1 N–H and O–H groups in total. The molecule has 3 fully saturated rings. The van der Waals surface area contributed by atoms with Gasteiger partial charge in [0.15, 0.2) is 0 Å². The summed E-state index contributed by atoms with van der Waals surface area (Å²) in [6, 6.07) is 0. The molecule has 0 aromatic carbocycles. The van der Waals surface area contributed by atoms with Crippen LogP contribution in [0.25, 0.3) is 0 Å². The molecule has 5 atom stereocenters. The molecule has 3 aliphatic rings. The topological polar surface area (TPSA) is 46.5 Å². The van der Waals surface area contributed by atoms with Crippen LogP contribution in [-0.2, 0) is 9.53 Å². The number of hydrogen-bond donors (Lipinski definition) is 1. The van der Waals surface area contributed by atoms with Gasteiger partial charge in [-0.1, -0.05) is 0 Å². The summed E-state index contributed by atoms with van der Waals surface area (Å²) in [5.74, 6) is 0.761. The van der Waals surface area contributed by atoms with Crippen LogP contribution in [0.1, 0.15) is 12.8 Å². The first-order chi connectivity index (χ1) is 5.27. The number of fused-ring (bicyclic) bond motifs is 1. The fraction of sp³-hybridized carbons (Fsp3) is 0.875. The van der Waals surface area contributed by atoms with Crippen LogP contribution in [0.2, 0.25) is 0 Å². The second kappa shape index (κ2) is 1.61. The summed E-state index contributed by atoms with van der Waals surface area (Å²) >= 11 is 0. The van der Waals surface area contributed by atoms with Gasteiger partial charge in [0.1, 0.15) is 6.10 Å². The predicted octanol–water partition coefficient (Wildman–Crippen LogP) is -0.0713. The van der Waals surface area contributed by atoms with Gasteiger partial charge in [-0.3, -0.25) is 4.79 Å². The second-order valence-electron chi connectivity index (χ2n) is 3.89. The smallest absolute Gasteiger partial charge is 0.309 e. The molecule has 2 aliphatic carbocycles. The highest BCUT2D eigenvalue weighted by molar-refractivity contribution is 5.76. The lowest BCUT2D eigenvalue weighted by atomic mass is 9.88. The van der Waals surface area contributed by atoms with Crippen molar-refractivity contribution >= 4 is 5.97 Å². The number of rotatable bonds is 0. The Morgan fingerprint density at radius 2 is 2.27 bits per heavy atom. The summed E-state index contributed by atoms with van der Waals surface area (Å²) in [5.41, 5.74) is 0. The Labute approximate surface area is 64.3 Å². The fourth-order valence-corrected chi connectivity index (χ4v) is 2.92. The lowest BCUT2D eigenvalue weighted by Gasteiger charge is -2.19. The van der Waals surface area contributed by atoms with E-state index in [1.807, 2.05) is 0 Å². The van der Waals surface area contributed by atoms with Gasteiger partial charge in [-0.2, -0.15) is 0 Å². The Kier molecular flexibility index (Phi) is 0.876. The van der Waals surface area contributed by atoms with Gasteiger partial charge in [-0.05, 0) is 18.8 Å². The highest BCUT2D eigenvalue weighted by atomic mass is 16.6. The third-order valence-electron chi connectivity index (χ3n) is 3.44. The minimum absolute atomic E-state index is 0.0703. The lowest BCUT2D eigenvalue weighted by Crippen LogP contribution is -2.31. The average molecular weight is 154 g/mol. The Balaban J connectivity index is 2.04. The van der Waals surface area contributed by atoms with E-state index < -0.39 is 0 Å². The van der Waals surface area contributed by atoms with E-state index in [0.29, 0.717) is 11.8 Å². The zero-order valence-corrected chi connectivity index (χ0v) is 6.06. The highest BCUT2D eigenvalue weighted by Gasteiger charge is 2.61. The Bertz CT molecular complexity index is 225. The van der Waals surface area contributed by atoms with Crippen molar-refractivity contribution in [2.45, 2.75) is 25.0 Å². The largest absolute Gasteiger partial charge is 0.459 e. The van der Waals surface area contributed by atoms with E-state index in [0.717, 1.165) is 12.8 Å². The molecule has 0 amide bonds. The van der Waals surface area contributed by atoms with Crippen molar-refractivity contribution in [1.82, 2.24) is 0 Å². The van der Waals surface area contributed by atoms with Crippen molar-refractivity contribution in [2.24, 2.45) is 17.8 Å². The Hall–Kier alpha value is -0.570. The van der Waals surface area contributed by atoms with Crippen molar-refractivity contribution in [2.75, 3.05) is 0 Å². The Morgan fingerprint density at radius 1 is 1.45 bits per heavy atom. The maximum atomic E-state index is 11.1. The molecule has 0 unspecified atom stereocenters. The summed E-state index contributed by atoms with van der Waals surface area (Å²) in [7, 11) is 0. The molecule has 3 nitrogen and oxygen atoms in total. The summed E-state index contributed by atoms with van der Waals surface area (Å²) < 4.78 is 5.06. The van der Waals surface area contributed by atoms with Crippen LogP contribution in [0.15, 0.2) is 0 Å². The van der Waals surface area contributed by atoms with Crippen LogP contribution in [0.5, 0.6) is 0 Å². The van der Waals surface area contributed by atoms with Crippen LogP contribution < -0.4 is 0 Å². The summed E-state index contributed by atoms with van der Waals surface area (Å²) in [6.07, 6.45) is 1.36. The van der Waals surface area contributed by atoms with E-state index in [2.05, 4.69) is 0 Å². The van der Waals surface area contributed by atoms with E-state index in [4.69, 9.17) is 4.74 Å². The third-order valence-corrected chi connectivity index (χ3v) is 3.44. The van der Waals surface area contributed by atoms with Gasteiger partial charge in [-0.25, -0.2) is 0 Å². The second-order valence-corrected chi connectivity index (χ2v) is 3.89. The van der Waals surface area contributed by atoms with Crippen molar-refractivity contribution in [3.63, 3.8) is 0 Å². The number of aliphatic hydroxyl groups is 1. The summed E-state index contributed by atoms with van der Waals surface area (Å²) in [4.78, 5) is 11.1. The molecule has 3 heteroatoms. The molecule has 1 saturated heterocycles. The molecule has 1 heterocycles. The van der Waals surface area contributed by atoms with E-state index in [9.17, 15) is 9.90 Å². The third kappa shape index (κ3) is 0.527. The van der Waals surface area contributed by atoms with Gasteiger partial charge in [0.05, 0.1) is 12.0 Å². The Morgan fingerprint density at radius 3 is 2.91 bits per heavy atom. The average Bonchev–Trinajstić information content (AvgIpc) is 2.53. The maximum Gasteiger partial charge on any atom is 0.309 e. The van der Waals surface area contributed by atoms with Gasteiger partial charge in [0.2, 0.25) is 0 Å². The molecule has 60 valence electrons. The van der Waals surface area contributed by atoms with E-state index in [1.54, 1.807) is 0 Å². The van der Waals surface area contributed by atoms with Crippen molar-refractivity contribution < 1.29 is 14.6 Å². The normalized spacial score (nSPS) is 58.6. The van der Waals surface area contributed by atoms with Gasteiger partial charge in [0, 0.05) is 5.92 Å². The number of carbonyl (C=O) groups is 1. The first-order valence-corrected chi connectivity index (χ1v) is 4.16. The molecule has 2 saturated carbocycles. The molecule has 0 spiro atoms. The van der Waals surface area contributed by atoms with E-state index >= 15 is 0 Å². The monoisotopic (exact) mass is 154 g/mol. The molecular formula is C8H10O3. The van der Waals surface area contributed by atoms with Gasteiger partial charge >= 0.3 is 5.97 Å². The number of carbonyl (C=O) groups excluding carboxylic acids is 1. The van der Waals surface area contributed by atoms with Crippen molar-refractivity contribution in [3.8, 4) is 0 Å². The zero-order chi connectivity index (χ0) is 7.59. The van der Waals surface area contributed by atoms with Crippen LogP contribution in [0, 0.1) is 17.8 Å². The van der Waals surface area contributed by atoms with Gasteiger partial charge in [0.25, 0.3) is 0 Å². The molecule has 2 bridgehead atoms. The summed E-state index contributed by atoms with van der Waals surface area (Å²) in [5, 5.41) is 9.55. The highest BCUT2D eigenvalue weighted by Crippen LogP contribution is 2.54. The molecule has 1 aliphatic heterocycles. The zero-order valence-electron chi connectivity index (χ0n) is 6.06. The molecule has 3 rings (SSSR count). The van der Waals surface area contributed by atoms with Gasteiger partial charge in [-0.15, -0.1) is 0 Å². The van der Waals surface area contributed by atoms with Gasteiger partial charge < -0.3 is 9.84 Å². The number of ether oxygens (including phenoxy) is 1. The van der Waals surface area contributed by atoms with Crippen LogP contribution in [0.4, 0.5) is 0 Å². The van der Waals surface area contributed by atoms with Crippen LogP contribution in [0.3, 0.4) is 0 Å². The van der Waals surface area contributed by atoms with Crippen LogP contribution >= 0.6 is 0 Å². The van der Waals surface area contributed by atoms with E-state index in [1.165, 1.54) is 0 Å². The first kappa shape index (κ1) is 6.00.